The maximum atomic E-state index is 13.3. The molecule has 1 aromatic heterocycles. The minimum absolute atomic E-state index is 0.0322. The highest BCUT2D eigenvalue weighted by molar-refractivity contribution is 6.42. The maximum absolute atomic E-state index is 13.3. The summed E-state index contributed by atoms with van der Waals surface area (Å²) in [6.45, 7) is 3.77. The van der Waals surface area contributed by atoms with Gasteiger partial charge in [-0.15, -0.1) is 0 Å². The largest absolute Gasteiger partial charge is 0.337 e. The monoisotopic (exact) mass is 574 g/mol. The van der Waals surface area contributed by atoms with Crippen molar-refractivity contribution in [3.8, 4) is 0 Å². The number of ketones is 1. The van der Waals surface area contributed by atoms with E-state index in [-0.39, 0.29) is 23.0 Å². The SMILES string of the molecule is O=C(c1nc2ccccc2[nH]1)C1CCN(CCC2(c3ccc(Cl)c(Cl)c3)CC(=O)N(Cc3ccccc3)C2)CC1. The molecule has 1 N–H and O–H groups in total. The summed E-state index contributed by atoms with van der Waals surface area (Å²) in [5.41, 5.74) is 3.55. The second-order valence-electron chi connectivity index (χ2n) is 11.2. The fourth-order valence-corrected chi connectivity index (χ4v) is 6.54. The number of fused-ring (bicyclic) bond motifs is 1. The Hall–Kier alpha value is -3.19. The van der Waals surface area contributed by atoms with E-state index in [0.29, 0.717) is 35.4 Å². The summed E-state index contributed by atoms with van der Waals surface area (Å²) in [5.74, 6) is 0.683. The predicted molar refractivity (Wildman–Crippen MR) is 159 cm³/mol. The lowest BCUT2D eigenvalue weighted by Crippen LogP contribution is -2.40. The second kappa shape index (κ2) is 11.4. The van der Waals surface area contributed by atoms with Gasteiger partial charge in [0, 0.05) is 30.8 Å². The molecule has 2 fully saturated rings. The molecule has 206 valence electrons. The molecule has 1 atom stereocenters. The molecular formula is C32H32Cl2N4O2. The number of imidazole rings is 1. The Bertz CT molecular complexity index is 1500. The second-order valence-corrected chi connectivity index (χ2v) is 12.0. The van der Waals surface area contributed by atoms with Crippen LogP contribution >= 0.6 is 23.2 Å². The lowest BCUT2D eigenvalue weighted by atomic mass is 9.76. The Kier molecular flexibility index (Phi) is 7.67. The van der Waals surface area contributed by atoms with Crippen molar-refractivity contribution in [1.82, 2.24) is 19.8 Å². The summed E-state index contributed by atoms with van der Waals surface area (Å²) in [7, 11) is 0. The van der Waals surface area contributed by atoms with Gasteiger partial charge in [-0.3, -0.25) is 9.59 Å². The van der Waals surface area contributed by atoms with Crippen molar-refractivity contribution in [2.24, 2.45) is 5.92 Å². The normalized spacial score (nSPS) is 20.4. The highest BCUT2D eigenvalue weighted by atomic mass is 35.5. The van der Waals surface area contributed by atoms with Crippen molar-refractivity contribution < 1.29 is 9.59 Å². The van der Waals surface area contributed by atoms with Crippen LogP contribution in [-0.2, 0) is 16.8 Å². The van der Waals surface area contributed by atoms with E-state index in [2.05, 4.69) is 27.0 Å². The van der Waals surface area contributed by atoms with Crippen molar-refractivity contribution in [3.05, 3.63) is 99.8 Å². The molecule has 2 aliphatic heterocycles. The molecule has 8 heteroatoms. The lowest BCUT2D eigenvalue weighted by molar-refractivity contribution is -0.128. The van der Waals surface area contributed by atoms with Gasteiger partial charge in [-0.05, 0) is 74.3 Å². The van der Waals surface area contributed by atoms with Gasteiger partial charge in [0.05, 0.1) is 21.1 Å². The average molecular weight is 576 g/mol. The number of rotatable bonds is 8. The number of aromatic amines is 1. The number of likely N-dealkylation sites (tertiary alicyclic amines) is 2. The zero-order chi connectivity index (χ0) is 27.7. The smallest absolute Gasteiger partial charge is 0.223 e. The third-order valence-electron chi connectivity index (χ3n) is 8.57. The van der Waals surface area contributed by atoms with Gasteiger partial charge in [-0.1, -0.05) is 71.7 Å². The first-order chi connectivity index (χ1) is 19.4. The summed E-state index contributed by atoms with van der Waals surface area (Å²) in [5, 5.41) is 1.03. The fraction of sp³-hybridized carbons (Fsp3) is 0.344. The molecule has 1 unspecified atom stereocenters. The molecule has 6 rings (SSSR count). The Morgan fingerprint density at radius 1 is 0.975 bits per heavy atom. The number of H-pyrrole nitrogens is 1. The summed E-state index contributed by atoms with van der Waals surface area (Å²) < 4.78 is 0. The Morgan fingerprint density at radius 2 is 1.73 bits per heavy atom. The third kappa shape index (κ3) is 5.53. The first-order valence-electron chi connectivity index (χ1n) is 13.9. The quantitative estimate of drug-likeness (QED) is 0.243. The van der Waals surface area contributed by atoms with Gasteiger partial charge in [0.15, 0.2) is 5.82 Å². The summed E-state index contributed by atoms with van der Waals surface area (Å²) >= 11 is 12.7. The van der Waals surface area contributed by atoms with Crippen LogP contribution in [0.25, 0.3) is 11.0 Å². The van der Waals surface area contributed by atoms with Crippen LogP contribution in [-0.4, -0.2) is 57.6 Å². The van der Waals surface area contributed by atoms with Crippen molar-refractivity contribution in [2.45, 2.75) is 37.6 Å². The topological polar surface area (TPSA) is 69.3 Å². The van der Waals surface area contributed by atoms with Gasteiger partial charge in [-0.2, -0.15) is 0 Å². The minimum atomic E-state index is -0.346. The number of nitrogens with one attached hydrogen (secondary N) is 1. The number of hydrogen-bond acceptors (Lipinski definition) is 4. The molecule has 1 amide bonds. The van der Waals surface area contributed by atoms with Gasteiger partial charge in [-0.25, -0.2) is 4.98 Å². The molecule has 6 nitrogen and oxygen atoms in total. The van der Waals surface area contributed by atoms with E-state index in [1.807, 2.05) is 65.6 Å². The number of hydrogen-bond donors (Lipinski definition) is 1. The first-order valence-corrected chi connectivity index (χ1v) is 14.6. The summed E-state index contributed by atoms with van der Waals surface area (Å²) in [6.07, 6.45) is 2.87. The minimum Gasteiger partial charge on any atom is -0.337 e. The number of aromatic nitrogens is 2. The van der Waals surface area contributed by atoms with Crippen molar-refractivity contribution in [3.63, 3.8) is 0 Å². The Balaban J connectivity index is 1.13. The number of carbonyl (C=O) groups excluding carboxylic acids is 2. The van der Waals surface area contributed by atoms with E-state index in [1.165, 1.54) is 0 Å². The summed E-state index contributed by atoms with van der Waals surface area (Å²) in [4.78, 5) is 38.6. The van der Waals surface area contributed by atoms with E-state index in [4.69, 9.17) is 23.2 Å². The van der Waals surface area contributed by atoms with Crippen LogP contribution in [0.1, 0.15) is 47.4 Å². The molecule has 40 heavy (non-hydrogen) atoms. The molecule has 3 aromatic carbocycles. The molecule has 4 aromatic rings. The van der Waals surface area contributed by atoms with Crippen LogP contribution in [0.2, 0.25) is 10.0 Å². The highest BCUT2D eigenvalue weighted by Crippen LogP contribution is 2.41. The van der Waals surface area contributed by atoms with Gasteiger partial charge >= 0.3 is 0 Å². The van der Waals surface area contributed by atoms with E-state index in [9.17, 15) is 9.59 Å². The molecule has 2 saturated heterocycles. The van der Waals surface area contributed by atoms with Crippen molar-refractivity contribution in [2.75, 3.05) is 26.2 Å². The number of para-hydroxylation sites is 2. The number of carbonyl (C=O) groups is 2. The Labute approximate surface area is 244 Å². The molecule has 0 saturated carbocycles. The van der Waals surface area contributed by atoms with Crippen LogP contribution < -0.4 is 0 Å². The average Bonchev–Trinajstić information content (AvgIpc) is 3.55. The summed E-state index contributed by atoms with van der Waals surface area (Å²) in [6, 6.07) is 23.6. The van der Waals surface area contributed by atoms with E-state index < -0.39 is 0 Å². The number of Topliss-reactive ketones (excluding diaryl/α,β-unsaturated/α-hetero) is 1. The molecule has 3 heterocycles. The van der Waals surface area contributed by atoms with Gasteiger partial charge in [0.1, 0.15) is 0 Å². The molecule has 0 aliphatic carbocycles. The van der Waals surface area contributed by atoms with Gasteiger partial charge < -0.3 is 14.8 Å². The number of benzene rings is 3. The van der Waals surface area contributed by atoms with E-state index in [0.717, 1.165) is 61.1 Å². The van der Waals surface area contributed by atoms with E-state index >= 15 is 0 Å². The van der Waals surface area contributed by atoms with Crippen LogP contribution in [0.15, 0.2) is 72.8 Å². The molecule has 0 radical (unpaired) electrons. The molecule has 0 spiro atoms. The predicted octanol–water partition coefficient (Wildman–Crippen LogP) is 6.53. The van der Waals surface area contributed by atoms with Crippen LogP contribution in [0.3, 0.4) is 0 Å². The van der Waals surface area contributed by atoms with E-state index in [1.54, 1.807) is 0 Å². The van der Waals surface area contributed by atoms with Gasteiger partial charge in [0.25, 0.3) is 0 Å². The number of nitrogens with zero attached hydrogens (tertiary/aromatic N) is 3. The van der Waals surface area contributed by atoms with Gasteiger partial charge in [0.2, 0.25) is 11.7 Å². The lowest BCUT2D eigenvalue weighted by Gasteiger charge is -2.35. The zero-order valence-corrected chi connectivity index (χ0v) is 23.8. The van der Waals surface area contributed by atoms with Crippen molar-refractivity contribution in [1.29, 1.82) is 0 Å². The molecule has 2 aliphatic rings. The number of halogens is 2. The van der Waals surface area contributed by atoms with Crippen LogP contribution in [0, 0.1) is 5.92 Å². The fourth-order valence-electron chi connectivity index (χ4n) is 6.24. The van der Waals surface area contributed by atoms with Crippen LogP contribution in [0.4, 0.5) is 0 Å². The number of amides is 1. The van der Waals surface area contributed by atoms with Crippen molar-refractivity contribution >= 4 is 45.9 Å². The molecule has 0 bridgehead atoms. The standard InChI is InChI=1S/C32H32Cl2N4O2/c33-25-11-10-24(18-26(25)34)32(19-29(39)38(21-32)20-22-6-2-1-3-7-22)14-17-37-15-12-23(13-16-37)30(40)31-35-27-8-4-5-9-28(27)36-31/h1-11,18,23H,12-17,19-21H2,(H,35,36). The number of piperidine rings is 1. The highest BCUT2D eigenvalue weighted by Gasteiger charge is 2.44. The Morgan fingerprint density at radius 3 is 2.48 bits per heavy atom. The zero-order valence-electron chi connectivity index (χ0n) is 22.3. The maximum Gasteiger partial charge on any atom is 0.223 e. The molecular weight excluding hydrogens is 543 g/mol. The first kappa shape index (κ1) is 27.0. The van der Waals surface area contributed by atoms with Crippen LogP contribution in [0.5, 0.6) is 0 Å². The third-order valence-corrected chi connectivity index (χ3v) is 9.31.